The quantitative estimate of drug-likeness (QED) is 0.390. The van der Waals surface area contributed by atoms with Gasteiger partial charge in [0.05, 0.1) is 17.2 Å². The number of hydrogen-bond acceptors (Lipinski definition) is 9. The van der Waals surface area contributed by atoms with Crippen LogP contribution < -0.4 is 0 Å². The molecule has 7 atom stereocenters. The molecular weight excluding hydrogens is 408 g/mol. The molecule has 1 aliphatic carbocycles. The molecule has 4 rings (SSSR count). The normalized spacial score (nSPS) is 34.2. The fourth-order valence-electron chi connectivity index (χ4n) is 3.48. The van der Waals surface area contributed by atoms with Crippen molar-refractivity contribution >= 4 is 34.3 Å². The average Bonchev–Trinajstić information content (AvgIpc) is 3.36. The molecule has 0 radical (unpaired) electrons. The first-order valence-corrected chi connectivity index (χ1v) is 9.41. The maximum atomic E-state index is 12.7. The zero-order chi connectivity index (χ0) is 20.9. The smallest absolute Gasteiger partial charge is 0.309 e. The Balaban J connectivity index is 1.35. The highest BCUT2D eigenvalue weighted by molar-refractivity contribution is 6.35. The van der Waals surface area contributed by atoms with Gasteiger partial charge in [0.2, 0.25) is 0 Å². The molecule has 0 amide bonds. The number of ether oxygens (including phenoxy) is 2. The molecule has 1 aromatic heterocycles. The van der Waals surface area contributed by atoms with Crippen molar-refractivity contribution < 1.29 is 43.9 Å². The number of ketones is 1. The van der Waals surface area contributed by atoms with Crippen LogP contribution in [-0.4, -0.2) is 69.5 Å². The van der Waals surface area contributed by atoms with E-state index in [0.29, 0.717) is 28.0 Å². The van der Waals surface area contributed by atoms with Crippen molar-refractivity contribution in [1.82, 2.24) is 0 Å². The van der Waals surface area contributed by atoms with E-state index in [9.17, 15) is 30.0 Å². The molecule has 29 heavy (non-hydrogen) atoms. The second-order valence-electron chi connectivity index (χ2n) is 7.28. The predicted octanol–water partition coefficient (Wildman–Crippen LogP) is 0.248. The van der Waals surface area contributed by atoms with Gasteiger partial charge in [0.25, 0.3) is 0 Å². The van der Waals surface area contributed by atoms with Crippen molar-refractivity contribution in [2.75, 3.05) is 6.61 Å². The van der Waals surface area contributed by atoms with Crippen LogP contribution in [0.25, 0.3) is 11.0 Å². The number of carbonyl (C=O) groups excluding carboxylic acids is 2. The molecule has 0 bridgehead atoms. The molecule has 1 aliphatic heterocycles. The number of aliphatic hydroxyl groups excluding tert-OH is 4. The minimum Gasteiger partial charge on any atom is -0.463 e. The van der Waals surface area contributed by atoms with Crippen LogP contribution in [0.5, 0.6) is 0 Å². The van der Waals surface area contributed by atoms with Gasteiger partial charge in [-0.05, 0) is 24.6 Å². The van der Waals surface area contributed by atoms with Crippen LogP contribution in [0.3, 0.4) is 0 Å². The Morgan fingerprint density at radius 1 is 1.10 bits per heavy atom. The van der Waals surface area contributed by atoms with E-state index >= 15 is 0 Å². The fraction of sp³-hybridized carbons (Fsp3) is 0.474. The van der Waals surface area contributed by atoms with E-state index in [4.69, 9.17) is 25.5 Å². The molecule has 0 spiro atoms. The number of Topliss-reactive ketones (excluding diaryl/α,β-unsaturated/α-hetero) is 1. The van der Waals surface area contributed by atoms with E-state index < -0.39 is 55.1 Å². The van der Waals surface area contributed by atoms with Gasteiger partial charge in [0, 0.05) is 16.9 Å². The van der Waals surface area contributed by atoms with Gasteiger partial charge in [0.1, 0.15) is 31.0 Å². The molecule has 1 aromatic carbocycles. The van der Waals surface area contributed by atoms with Crippen LogP contribution in [0.1, 0.15) is 16.8 Å². The van der Waals surface area contributed by atoms with Gasteiger partial charge in [-0.1, -0.05) is 11.6 Å². The van der Waals surface area contributed by atoms with Crippen molar-refractivity contribution in [1.29, 1.82) is 0 Å². The molecular formula is C19H19ClO9. The maximum absolute atomic E-state index is 12.7. The zero-order valence-corrected chi connectivity index (χ0v) is 15.7. The highest BCUT2D eigenvalue weighted by atomic mass is 35.5. The molecule has 2 heterocycles. The molecule has 9 nitrogen and oxygen atoms in total. The van der Waals surface area contributed by atoms with E-state index in [1.54, 1.807) is 12.1 Å². The lowest BCUT2D eigenvalue weighted by Crippen LogP contribution is -2.58. The number of halogens is 1. The fourth-order valence-corrected chi connectivity index (χ4v) is 3.75. The van der Waals surface area contributed by atoms with Crippen LogP contribution in [0.15, 0.2) is 28.9 Å². The lowest BCUT2D eigenvalue weighted by Gasteiger charge is -2.37. The van der Waals surface area contributed by atoms with Gasteiger partial charge in [-0.15, -0.1) is 0 Å². The Bertz CT molecular complexity index is 941. The van der Waals surface area contributed by atoms with Crippen molar-refractivity contribution in [2.24, 2.45) is 11.8 Å². The summed E-state index contributed by atoms with van der Waals surface area (Å²) in [5.41, 5.74) is 0.853. The summed E-state index contributed by atoms with van der Waals surface area (Å²) in [7, 11) is 0. The number of furan rings is 1. The predicted molar refractivity (Wildman–Crippen MR) is 97.0 cm³/mol. The Morgan fingerprint density at radius 3 is 2.62 bits per heavy atom. The molecule has 2 aromatic rings. The topological polar surface area (TPSA) is 147 Å². The highest BCUT2D eigenvalue weighted by Crippen LogP contribution is 2.43. The van der Waals surface area contributed by atoms with Crippen LogP contribution >= 0.6 is 11.6 Å². The summed E-state index contributed by atoms with van der Waals surface area (Å²) in [6.07, 6.45) is -5.98. The molecule has 156 valence electrons. The third kappa shape index (κ3) is 3.77. The number of fused-ring (bicyclic) bond motifs is 1. The second kappa shape index (κ2) is 7.67. The van der Waals surface area contributed by atoms with Gasteiger partial charge in [-0.3, -0.25) is 9.59 Å². The molecule has 10 heteroatoms. The number of esters is 1. The van der Waals surface area contributed by atoms with Crippen molar-refractivity contribution in [2.45, 2.75) is 37.1 Å². The molecule has 2 aliphatic rings. The lowest BCUT2D eigenvalue weighted by atomic mass is 9.99. The minimum atomic E-state index is -1.71. The first kappa shape index (κ1) is 20.3. The summed E-state index contributed by atoms with van der Waals surface area (Å²) in [5, 5.41) is 39.4. The van der Waals surface area contributed by atoms with E-state index in [2.05, 4.69) is 0 Å². The summed E-state index contributed by atoms with van der Waals surface area (Å²) >= 11 is 6.12. The molecule has 7 unspecified atom stereocenters. The zero-order valence-electron chi connectivity index (χ0n) is 15.0. The number of rotatable bonds is 5. The van der Waals surface area contributed by atoms with Crippen LogP contribution in [0, 0.1) is 11.8 Å². The highest BCUT2D eigenvalue weighted by Gasteiger charge is 2.50. The summed E-state index contributed by atoms with van der Waals surface area (Å²) in [6, 6.07) is 4.83. The number of benzene rings is 1. The summed E-state index contributed by atoms with van der Waals surface area (Å²) < 4.78 is 15.3. The van der Waals surface area contributed by atoms with Crippen LogP contribution in [0.4, 0.5) is 0 Å². The SMILES string of the molecule is O=C(OCC1OC(O)C(O)C(O)C1O)C1CC1C(=O)c1cc(Cl)c2occc2c1. The van der Waals surface area contributed by atoms with E-state index in [1.807, 2.05) is 0 Å². The number of aliphatic hydroxyl groups is 4. The van der Waals surface area contributed by atoms with E-state index in [0.717, 1.165) is 0 Å². The van der Waals surface area contributed by atoms with Gasteiger partial charge in [-0.25, -0.2) is 0 Å². The second-order valence-corrected chi connectivity index (χ2v) is 7.68. The summed E-state index contributed by atoms with van der Waals surface area (Å²) in [4.78, 5) is 24.9. The van der Waals surface area contributed by atoms with E-state index in [1.165, 1.54) is 12.3 Å². The molecule has 1 saturated heterocycles. The van der Waals surface area contributed by atoms with Crippen molar-refractivity contribution in [3.05, 3.63) is 35.0 Å². The maximum Gasteiger partial charge on any atom is 0.309 e. The third-order valence-electron chi connectivity index (χ3n) is 5.30. The van der Waals surface area contributed by atoms with Gasteiger partial charge in [-0.2, -0.15) is 0 Å². The summed E-state index contributed by atoms with van der Waals surface area (Å²) in [5.74, 6) is -2.06. The third-order valence-corrected chi connectivity index (χ3v) is 5.58. The number of carbonyl (C=O) groups is 2. The molecule has 2 fully saturated rings. The average molecular weight is 427 g/mol. The Morgan fingerprint density at radius 2 is 1.86 bits per heavy atom. The van der Waals surface area contributed by atoms with Gasteiger partial charge in [0.15, 0.2) is 17.7 Å². The molecule has 1 saturated carbocycles. The van der Waals surface area contributed by atoms with Crippen molar-refractivity contribution in [3.63, 3.8) is 0 Å². The molecule has 4 N–H and O–H groups in total. The Kier molecular flexibility index (Phi) is 5.36. The summed E-state index contributed by atoms with van der Waals surface area (Å²) in [6.45, 7) is -0.439. The monoisotopic (exact) mass is 426 g/mol. The Labute approximate surface area is 169 Å². The largest absolute Gasteiger partial charge is 0.463 e. The van der Waals surface area contributed by atoms with Crippen LogP contribution in [0.2, 0.25) is 5.02 Å². The van der Waals surface area contributed by atoms with Gasteiger partial charge >= 0.3 is 5.97 Å². The van der Waals surface area contributed by atoms with E-state index in [-0.39, 0.29) is 5.78 Å². The first-order valence-electron chi connectivity index (χ1n) is 9.03. The van der Waals surface area contributed by atoms with Crippen molar-refractivity contribution in [3.8, 4) is 0 Å². The van der Waals surface area contributed by atoms with Crippen LogP contribution in [-0.2, 0) is 14.3 Å². The number of hydrogen-bond donors (Lipinski definition) is 4. The first-order chi connectivity index (χ1) is 13.8. The van der Waals surface area contributed by atoms with Gasteiger partial charge < -0.3 is 34.3 Å². The Hall–Kier alpha value is -2.01. The standard InChI is InChI=1S/C19H19ClO9/c20-11-4-8(3-7-1-2-27-17(7)11)13(21)9-5-10(9)18(25)28-6-12-14(22)15(23)16(24)19(26)29-12/h1-4,9-10,12,14-16,19,22-24,26H,5-6H2. The minimum absolute atomic E-state index is 0.236. The lowest BCUT2D eigenvalue weighted by molar-refractivity contribution is -0.287.